The summed E-state index contributed by atoms with van der Waals surface area (Å²) in [6, 6.07) is 4.34. The Morgan fingerprint density at radius 2 is 2.00 bits per heavy atom. The van der Waals surface area contributed by atoms with Gasteiger partial charge in [0, 0.05) is 17.3 Å². The second-order valence-corrected chi connectivity index (χ2v) is 10.5. The molecular weight excluding hydrogens is 441 g/mol. The van der Waals surface area contributed by atoms with E-state index in [4.69, 9.17) is 5.41 Å². The fraction of sp³-hybridized carbons (Fsp3) is 0.235. The lowest BCUT2D eigenvalue weighted by molar-refractivity contribution is 0.102. The van der Waals surface area contributed by atoms with E-state index in [1.807, 2.05) is 0 Å². The third kappa shape index (κ3) is 4.42. The summed E-state index contributed by atoms with van der Waals surface area (Å²) in [5.74, 6) is -4.63. The molecule has 1 aliphatic heterocycles. The van der Waals surface area contributed by atoms with Gasteiger partial charge in [0.25, 0.3) is 5.91 Å². The highest BCUT2D eigenvalue weighted by Gasteiger charge is 2.48. The van der Waals surface area contributed by atoms with Crippen molar-refractivity contribution < 1.29 is 27.1 Å². The fourth-order valence-corrected chi connectivity index (χ4v) is 5.84. The van der Waals surface area contributed by atoms with Gasteiger partial charge in [-0.1, -0.05) is 0 Å². The summed E-state index contributed by atoms with van der Waals surface area (Å²) in [5, 5.41) is 21.6. The summed E-state index contributed by atoms with van der Waals surface area (Å²) in [5.41, 5.74) is -2.27. The quantitative estimate of drug-likeness (QED) is 0.398. The van der Waals surface area contributed by atoms with E-state index in [-0.39, 0.29) is 22.7 Å². The predicted octanol–water partition coefficient (Wildman–Crippen LogP) is -1.79. The van der Waals surface area contributed by atoms with E-state index in [9.17, 15) is 27.1 Å². The molecule has 0 aliphatic carbocycles. The van der Waals surface area contributed by atoms with Crippen molar-refractivity contribution in [3.05, 3.63) is 53.4 Å². The molecule has 2 heterocycles. The summed E-state index contributed by atoms with van der Waals surface area (Å²) < 4.78 is 55.9. The van der Waals surface area contributed by atoms with E-state index in [0.717, 1.165) is 22.6 Å². The van der Waals surface area contributed by atoms with E-state index >= 15 is 0 Å². The highest BCUT2D eigenvalue weighted by atomic mass is 32.2. The number of pyridine rings is 1. The molecule has 32 heavy (non-hydrogen) atoms. The maximum absolute atomic E-state index is 14.8. The number of carbonyl (C=O) groups is 1. The summed E-state index contributed by atoms with van der Waals surface area (Å²) in [7, 11) is 0.762. The smallest absolute Gasteiger partial charge is 0.274 e. The Balaban J connectivity index is 1.99. The van der Waals surface area contributed by atoms with Gasteiger partial charge in [-0.3, -0.25) is 14.5 Å². The number of hydrogen-bond donors (Lipinski definition) is 4. The number of sulfonamides is 1. The molecule has 1 saturated heterocycles. The molecule has 2 aromatic rings. The Hall–Kier alpha value is -3.09. The van der Waals surface area contributed by atoms with Gasteiger partial charge in [-0.05, 0) is 30.4 Å². The fourth-order valence-electron chi connectivity index (χ4n) is 3.59. The van der Waals surface area contributed by atoms with E-state index < -0.39 is 50.1 Å². The van der Waals surface area contributed by atoms with Crippen LogP contribution in [0.4, 0.5) is 14.5 Å². The first-order chi connectivity index (χ1) is 14.6. The number of aromatic hydroxyl groups is 1. The van der Waals surface area contributed by atoms with Crippen LogP contribution in [0.5, 0.6) is 5.75 Å². The minimum Gasteiger partial charge on any atom is -0.506 e. The molecule has 1 aliphatic rings. The molecule has 1 aromatic heterocycles. The van der Waals surface area contributed by atoms with Crippen molar-refractivity contribution >= 4 is 51.1 Å². The zero-order valence-electron chi connectivity index (χ0n) is 17.8. The molecule has 15 heteroatoms. The number of nitrogens with zero attached hydrogens (tertiary/aromatic N) is 2. The Kier molecular flexibility index (Phi) is 5.75. The van der Waals surface area contributed by atoms with Gasteiger partial charge in [-0.25, -0.2) is 22.2 Å². The summed E-state index contributed by atoms with van der Waals surface area (Å²) in [6.45, 7) is 1.34. The summed E-state index contributed by atoms with van der Waals surface area (Å²) >= 11 is 0. The Labute approximate surface area is 186 Å². The van der Waals surface area contributed by atoms with Gasteiger partial charge in [0.15, 0.2) is 11.6 Å². The maximum atomic E-state index is 14.8. The standard InChI is InChI=1S/C17H20B3F2N5O4S/c1-16(7-32(30,31)27(15(23)26-16)17(18,19)20)10-4-8(5-11(21)13(10)22)25-14(29)12-3-2-9(28)6-24-12/h2-6,28H,7,18-20H2,1H3,(H2,23,26)(H,25,29)/t16-/m0/s1. The van der Waals surface area contributed by atoms with Crippen LogP contribution in [0.1, 0.15) is 23.0 Å². The molecule has 1 fully saturated rings. The van der Waals surface area contributed by atoms with Crippen molar-refractivity contribution in [2.24, 2.45) is 0 Å². The van der Waals surface area contributed by atoms with Gasteiger partial charge in [-0.2, -0.15) is 0 Å². The molecule has 9 nitrogen and oxygen atoms in total. The maximum Gasteiger partial charge on any atom is 0.274 e. The van der Waals surface area contributed by atoms with Gasteiger partial charge < -0.3 is 15.7 Å². The first-order valence-corrected chi connectivity index (χ1v) is 11.1. The van der Waals surface area contributed by atoms with Crippen LogP contribution in [0.3, 0.4) is 0 Å². The molecule has 166 valence electrons. The average Bonchev–Trinajstić information content (AvgIpc) is 2.61. The van der Waals surface area contributed by atoms with Crippen molar-refractivity contribution in [2.45, 2.75) is 17.7 Å². The molecule has 3 rings (SSSR count). The van der Waals surface area contributed by atoms with Crippen LogP contribution in [0.25, 0.3) is 0 Å². The number of aromatic nitrogens is 1. The minimum atomic E-state index is -4.06. The minimum absolute atomic E-state index is 0.0822. The number of rotatable bonds is 4. The molecule has 1 aromatic carbocycles. The second kappa shape index (κ2) is 7.80. The first kappa shape index (κ1) is 23.6. The number of anilines is 1. The third-order valence-corrected chi connectivity index (χ3v) is 7.05. The molecule has 0 bridgehead atoms. The number of guanidine groups is 1. The number of hydrogen-bond acceptors (Lipinski definition) is 6. The van der Waals surface area contributed by atoms with Crippen LogP contribution in [-0.2, 0) is 15.6 Å². The SMILES string of the molecule is BC(B)(B)N1C(=N)N[C@](C)(c2cc(NC(=O)c3ccc(O)cn3)cc(F)c2F)CS1(=O)=O. The van der Waals surface area contributed by atoms with Crippen molar-refractivity contribution in [3.8, 4) is 5.75 Å². The van der Waals surface area contributed by atoms with Crippen LogP contribution >= 0.6 is 0 Å². The lowest BCUT2D eigenvalue weighted by Gasteiger charge is -2.47. The van der Waals surface area contributed by atoms with Gasteiger partial charge in [0.1, 0.15) is 35.0 Å². The van der Waals surface area contributed by atoms with Crippen LogP contribution in [-0.4, -0.2) is 69.2 Å². The molecule has 0 unspecified atom stereocenters. The second-order valence-electron chi connectivity index (χ2n) is 8.67. The Morgan fingerprint density at radius 3 is 2.53 bits per heavy atom. The summed E-state index contributed by atoms with van der Waals surface area (Å²) in [6.07, 6.45) is 1.05. The zero-order chi connectivity index (χ0) is 24.1. The van der Waals surface area contributed by atoms with Crippen LogP contribution in [0, 0.1) is 17.0 Å². The van der Waals surface area contributed by atoms with E-state index in [2.05, 4.69) is 15.6 Å². The number of nitrogens with one attached hydrogen (secondary N) is 3. The van der Waals surface area contributed by atoms with Gasteiger partial charge in [0.2, 0.25) is 16.0 Å². The molecular formula is C17H20B3F2N5O4S. The number of amides is 1. The monoisotopic (exact) mass is 461 g/mol. The van der Waals surface area contributed by atoms with Gasteiger partial charge in [-0.15, -0.1) is 0 Å². The average molecular weight is 461 g/mol. The molecule has 0 spiro atoms. The molecule has 0 radical (unpaired) electrons. The zero-order valence-corrected chi connectivity index (χ0v) is 18.6. The van der Waals surface area contributed by atoms with Crippen LogP contribution < -0.4 is 10.6 Å². The lowest BCUT2D eigenvalue weighted by atomic mass is 9.49. The number of carbonyl (C=O) groups excluding carboxylic acids is 1. The number of benzene rings is 1. The molecule has 1 amide bonds. The van der Waals surface area contributed by atoms with Crippen molar-refractivity contribution in [1.82, 2.24) is 14.6 Å². The number of halogens is 2. The molecule has 0 saturated carbocycles. The van der Waals surface area contributed by atoms with Crippen LogP contribution in [0.2, 0.25) is 0 Å². The van der Waals surface area contributed by atoms with Crippen molar-refractivity contribution in [3.63, 3.8) is 0 Å². The molecule has 1 atom stereocenters. The van der Waals surface area contributed by atoms with Gasteiger partial charge >= 0.3 is 0 Å². The molecule has 4 N–H and O–H groups in total. The normalized spacial score (nSPS) is 20.5. The van der Waals surface area contributed by atoms with E-state index in [1.54, 1.807) is 23.5 Å². The van der Waals surface area contributed by atoms with Crippen molar-refractivity contribution in [2.75, 3.05) is 11.1 Å². The Morgan fingerprint density at radius 1 is 1.34 bits per heavy atom. The van der Waals surface area contributed by atoms with Crippen molar-refractivity contribution in [1.29, 1.82) is 5.41 Å². The van der Waals surface area contributed by atoms with Gasteiger partial charge in [0.05, 0.1) is 17.5 Å². The van der Waals surface area contributed by atoms with Crippen LogP contribution in [0.15, 0.2) is 30.5 Å². The van der Waals surface area contributed by atoms with E-state index in [1.165, 1.54) is 19.1 Å². The predicted molar refractivity (Wildman–Crippen MR) is 122 cm³/mol. The lowest BCUT2D eigenvalue weighted by Crippen LogP contribution is -2.69. The topological polar surface area (TPSA) is 135 Å². The first-order valence-electron chi connectivity index (χ1n) is 9.50. The summed E-state index contributed by atoms with van der Waals surface area (Å²) in [4.78, 5) is 16.1. The van der Waals surface area contributed by atoms with E-state index in [0.29, 0.717) is 0 Å². The largest absolute Gasteiger partial charge is 0.506 e. The highest BCUT2D eigenvalue weighted by Crippen LogP contribution is 2.34. The highest BCUT2D eigenvalue weighted by molar-refractivity contribution is 7.90. The third-order valence-electron chi connectivity index (χ3n) is 4.82. The Bertz CT molecular complexity index is 1210.